The molecule has 0 saturated carbocycles. The molecule has 9 atom stereocenters. The average Bonchev–Trinajstić information content (AvgIpc) is 3.65. The Hall–Kier alpha value is -5.38. The zero-order valence-electron chi connectivity index (χ0n) is 37.4. The van der Waals surface area contributed by atoms with Gasteiger partial charge in [0.1, 0.15) is 42.3 Å². The summed E-state index contributed by atoms with van der Waals surface area (Å²) in [6.07, 6.45) is -0.887. The fourth-order valence-corrected chi connectivity index (χ4v) is 6.57. The third-order valence-corrected chi connectivity index (χ3v) is 9.80. The predicted octanol–water partition coefficient (Wildman–Crippen LogP) is -2.76. The first-order chi connectivity index (χ1) is 28.7. The normalized spacial score (nSPS) is 17.6. The minimum atomic E-state index is -1.60. The van der Waals surface area contributed by atoms with E-state index in [1.54, 1.807) is 27.7 Å². The van der Waals surface area contributed by atoms with E-state index in [1.165, 1.54) is 25.7 Å². The van der Waals surface area contributed by atoms with Crippen LogP contribution in [0.3, 0.4) is 0 Å². The maximum atomic E-state index is 13.8. The molecule has 9 amide bonds. The molecule has 0 unspecified atom stereocenters. The van der Waals surface area contributed by atoms with Gasteiger partial charge in [-0.3, -0.25) is 43.2 Å². The van der Waals surface area contributed by atoms with Gasteiger partial charge in [-0.2, -0.15) is 0 Å². The lowest BCUT2D eigenvalue weighted by atomic mass is 10.0. The van der Waals surface area contributed by atoms with Crippen LogP contribution in [-0.2, 0) is 47.9 Å². The molecule has 0 aliphatic carbocycles. The van der Waals surface area contributed by atoms with Crippen molar-refractivity contribution < 1.29 is 58.2 Å². The van der Waals surface area contributed by atoms with E-state index in [2.05, 4.69) is 37.2 Å². The van der Waals surface area contributed by atoms with Gasteiger partial charge in [-0.05, 0) is 77.0 Å². The lowest BCUT2D eigenvalue weighted by Crippen LogP contribution is -2.59. The second-order valence-electron chi connectivity index (χ2n) is 17.2. The Labute approximate surface area is 362 Å². The number of carbonyl (C=O) groups is 10. The fraction of sp³-hybridized carbons (Fsp3) is 0.750. The summed E-state index contributed by atoms with van der Waals surface area (Å²) < 4.78 is 0. The van der Waals surface area contributed by atoms with Gasteiger partial charge in [-0.25, -0.2) is 4.79 Å². The molecule has 352 valence electrons. The number of aliphatic hydroxyl groups is 1. The van der Waals surface area contributed by atoms with Gasteiger partial charge in [0.25, 0.3) is 0 Å². The molecule has 0 aromatic rings. The molecule has 0 bridgehead atoms. The van der Waals surface area contributed by atoms with Gasteiger partial charge in [0.05, 0.1) is 18.7 Å². The van der Waals surface area contributed by atoms with Crippen LogP contribution in [0.5, 0.6) is 0 Å². The monoisotopic (exact) mass is 883 g/mol. The van der Waals surface area contributed by atoms with Gasteiger partial charge >= 0.3 is 5.97 Å². The van der Waals surface area contributed by atoms with Crippen molar-refractivity contribution in [3.63, 3.8) is 0 Å². The SMILES string of the molecule is CC(C)C[C@H](NC(=O)[C@H](CC(C)C)NC(=O)[C@H](C)NC(=O)[C@@H](NC(=O)CNC(=O)[C@@H]1CCCN1C(=O)[C@H](CCC(N)=O)NC(=O)[C@H](CC(C)C)NC(=O)[C@H](C)N)[C@@H](C)O)C(=O)O. The maximum absolute atomic E-state index is 13.8. The smallest absolute Gasteiger partial charge is 0.326 e. The second-order valence-corrected chi connectivity index (χ2v) is 17.2. The van der Waals surface area contributed by atoms with E-state index in [4.69, 9.17) is 11.5 Å². The Bertz CT molecular complexity index is 1600. The van der Waals surface area contributed by atoms with Gasteiger partial charge in [0.2, 0.25) is 53.2 Å². The van der Waals surface area contributed by atoms with E-state index in [9.17, 15) is 58.2 Å². The highest BCUT2D eigenvalue weighted by molar-refractivity contribution is 5.97. The first kappa shape index (κ1) is 54.6. The topological polar surface area (TPSA) is 351 Å². The van der Waals surface area contributed by atoms with E-state index in [0.29, 0.717) is 6.42 Å². The predicted molar refractivity (Wildman–Crippen MR) is 225 cm³/mol. The number of rotatable bonds is 26. The second kappa shape index (κ2) is 26.2. The van der Waals surface area contributed by atoms with Crippen LogP contribution in [-0.4, -0.2) is 142 Å². The molecule has 1 aliphatic heterocycles. The van der Waals surface area contributed by atoms with Crippen LogP contribution in [0.2, 0.25) is 0 Å². The molecule has 1 fully saturated rings. The molecule has 1 rings (SSSR count). The van der Waals surface area contributed by atoms with Crippen molar-refractivity contribution in [2.45, 2.75) is 162 Å². The number of hydrogen-bond donors (Lipinski definition) is 11. The molecule has 0 radical (unpaired) electrons. The number of aliphatic hydroxyl groups excluding tert-OH is 1. The number of carboxylic acids is 1. The average molecular weight is 883 g/mol. The molecule has 1 heterocycles. The van der Waals surface area contributed by atoms with Crippen molar-refractivity contribution in [3.05, 3.63) is 0 Å². The standard InChI is InChI=1S/C40H70N10O12/c1-19(2)15-26(46-33(54)22(7)41)35(56)45-25(12-13-30(42)52)39(60)50-14-10-11-29(50)37(58)43-18-31(53)49-32(24(9)51)38(59)44-23(8)34(55)47-27(16-20(3)4)36(57)48-28(40(61)62)17-21(5)6/h19-29,32,51H,10-18,41H2,1-9H3,(H2,42,52)(H,43,58)(H,44,59)(H,45,56)(H,46,54)(H,47,55)(H,48,57)(H,49,53)(H,61,62)/t22-,23-,24+,25-,26-,27-,28-,29-,32-/m0/s1. The molecular weight excluding hydrogens is 812 g/mol. The molecule has 1 aliphatic rings. The number of hydrogen-bond acceptors (Lipinski definition) is 12. The Morgan fingerprint density at radius 3 is 1.60 bits per heavy atom. The zero-order valence-corrected chi connectivity index (χ0v) is 37.4. The van der Waals surface area contributed by atoms with Crippen LogP contribution in [0.4, 0.5) is 0 Å². The third kappa shape index (κ3) is 19.1. The largest absolute Gasteiger partial charge is 0.480 e. The van der Waals surface area contributed by atoms with Crippen molar-refractivity contribution in [1.29, 1.82) is 0 Å². The van der Waals surface area contributed by atoms with Crippen LogP contribution in [0.15, 0.2) is 0 Å². The third-order valence-electron chi connectivity index (χ3n) is 9.80. The van der Waals surface area contributed by atoms with Gasteiger partial charge < -0.3 is 63.8 Å². The highest BCUT2D eigenvalue weighted by Crippen LogP contribution is 2.20. The van der Waals surface area contributed by atoms with Crippen molar-refractivity contribution >= 4 is 59.1 Å². The van der Waals surface area contributed by atoms with Crippen LogP contribution in [0.1, 0.15) is 107 Å². The van der Waals surface area contributed by atoms with Crippen LogP contribution < -0.4 is 48.7 Å². The Kier molecular flexibility index (Phi) is 23.1. The molecule has 1 saturated heterocycles. The summed E-state index contributed by atoms with van der Waals surface area (Å²) in [5, 5.41) is 37.2. The van der Waals surface area contributed by atoms with Gasteiger partial charge in [0.15, 0.2) is 0 Å². The zero-order chi connectivity index (χ0) is 47.6. The number of carboxylic acid groups (broad SMARTS) is 1. The summed E-state index contributed by atoms with van der Waals surface area (Å²) >= 11 is 0. The van der Waals surface area contributed by atoms with Gasteiger partial charge in [-0.1, -0.05) is 41.5 Å². The quantitative estimate of drug-likeness (QED) is 0.0420. The highest BCUT2D eigenvalue weighted by atomic mass is 16.4. The number of carbonyl (C=O) groups excluding carboxylic acids is 9. The summed E-state index contributed by atoms with van der Waals surface area (Å²) in [5.74, 6) is -8.28. The van der Waals surface area contributed by atoms with Gasteiger partial charge in [0, 0.05) is 13.0 Å². The molecule has 0 aromatic carbocycles. The summed E-state index contributed by atoms with van der Waals surface area (Å²) in [4.78, 5) is 130. The number of nitrogens with zero attached hydrogens (tertiary/aromatic N) is 1. The van der Waals surface area contributed by atoms with E-state index in [1.807, 2.05) is 13.8 Å². The van der Waals surface area contributed by atoms with E-state index < -0.39 is 120 Å². The van der Waals surface area contributed by atoms with E-state index >= 15 is 0 Å². The first-order valence-corrected chi connectivity index (χ1v) is 21.1. The molecule has 13 N–H and O–H groups in total. The van der Waals surface area contributed by atoms with Crippen molar-refractivity contribution in [2.75, 3.05) is 13.1 Å². The summed E-state index contributed by atoms with van der Waals surface area (Å²) in [5.41, 5.74) is 11.0. The van der Waals surface area contributed by atoms with Gasteiger partial charge in [-0.15, -0.1) is 0 Å². The van der Waals surface area contributed by atoms with Crippen LogP contribution >= 0.6 is 0 Å². The van der Waals surface area contributed by atoms with E-state index in [0.717, 1.165) is 0 Å². The number of nitrogens with two attached hydrogens (primary N) is 2. The number of primary amides is 1. The molecule has 22 heteroatoms. The number of nitrogens with one attached hydrogen (secondary N) is 7. The molecule has 22 nitrogen and oxygen atoms in total. The fourth-order valence-electron chi connectivity index (χ4n) is 6.57. The number of amides is 9. The van der Waals surface area contributed by atoms with Crippen molar-refractivity contribution in [1.82, 2.24) is 42.1 Å². The maximum Gasteiger partial charge on any atom is 0.326 e. The number of likely N-dealkylation sites (tertiary alicyclic amines) is 1. The van der Waals surface area contributed by atoms with Crippen molar-refractivity contribution in [2.24, 2.45) is 29.2 Å². The Morgan fingerprint density at radius 1 is 0.645 bits per heavy atom. The summed E-state index contributed by atoms with van der Waals surface area (Å²) in [6.45, 7) is 14.2. The van der Waals surface area contributed by atoms with E-state index in [-0.39, 0.29) is 62.8 Å². The Morgan fingerprint density at radius 2 is 1.13 bits per heavy atom. The summed E-state index contributed by atoms with van der Waals surface area (Å²) in [6, 6.07) is -9.58. The minimum absolute atomic E-state index is 0.0445. The molecule has 0 aromatic heterocycles. The van der Waals surface area contributed by atoms with Crippen molar-refractivity contribution in [3.8, 4) is 0 Å². The van der Waals surface area contributed by atoms with Crippen LogP contribution in [0, 0.1) is 17.8 Å². The first-order valence-electron chi connectivity index (χ1n) is 21.1. The van der Waals surface area contributed by atoms with Crippen LogP contribution in [0.25, 0.3) is 0 Å². The number of aliphatic carboxylic acids is 1. The molecular formula is C40H70N10O12. The Balaban J connectivity index is 3.01. The summed E-state index contributed by atoms with van der Waals surface area (Å²) in [7, 11) is 0. The molecule has 62 heavy (non-hydrogen) atoms. The molecule has 0 spiro atoms. The lowest BCUT2D eigenvalue weighted by Gasteiger charge is -2.30. The highest BCUT2D eigenvalue weighted by Gasteiger charge is 2.39. The minimum Gasteiger partial charge on any atom is -0.480 e. The lowest BCUT2D eigenvalue weighted by molar-refractivity contribution is -0.143.